The number of nitro benzene ring substituents is 1. The van der Waals surface area contributed by atoms with E-state index in [1.165, 1.54) is 19.2 Å². The molecule has 40 heavy (non-hydrogen) atoms. The standard InChI is InChI=1S/C28H24BrClN2O7S/c1-16(19-6-4-5-7-21(19)30)39-25-14-26(40-27(25)28(33)37-3)31-22-13-24(20(29)12-23(22)32(34)35)38-15-17-8-10-18(36-2)11-9-17/h4-14,16,31H,15H2,1-3H3/t16-/m1/s1. The molecule has 0 aliphatic carbocycles. The fraction of sp³-hybridized carbons (Fsp3) is 0.179. The Kier molecular flexibility index (Phi) is 9.51. The number of thiophene rings is 1. The molecule has 0 amide bonds. The molecular formula is C28H24BrClN2O7S. The summed E-state index contributed by atoms with van der Waals surface area (Å²) in [6.07, 6.45) is -0.487. The van der Waals surface area contributed by atoms with Gasteiger partial charge < -0.3 is 24.3 Å². The highest BCUT2D eigenvalue weighted by Gasteiger charge is 2.24. The van der Waals surface area contributed by atoms with Crippen molar-refractivity contribution in [2.45, 2.75) is 19.6 Å². The van der Waals surface area contributed by atoms with Crippen molar-refractivity contribution in [3.63, 3.8) is 0 Å². The summed E-state index contributed by atoms with van der Waals surface area (Å²) >= 11 is 10.7. The molecule has 0 unspecified atom stereocenters. The van der Waals surface area contributed by atoms with E-state index in [9.17, 15) is 14.9 Å². The Balaban J connectivity index is 1.62. The van der Waals surface area contributed by atoms with E-state index < -0.39 is 17.0 Å². The minimum atomic E-state index is -0.603. The van der Waals surface area contributed by atoms with Gasteiger partial charge in [-0.1, -0.05) is 41.9 Å². The predicted molar refractivity (Wildman–Crippen MR) is 158 cm³/mol. The van der Waals surface area contributed by atoms with Gasteiger partial charge in [0.25, 0.3) is 5.69 Å². The maximum absolute atomic E-state index is 12.5. The van der Waals surface area contributed by atoms with Crippen LogP contribution in [-0.4, -0.2) is 25.1 Å². The lowest BCUT2D eigenvalue weighted by molar-refractivity contribution is -0.384. The van der Waals surface area contributed by atoms with Crippen LogP contribution in [0.5, 0.6) is 17.2 Å². The number of esters is 1. The fourth-order valence-electron chi connectivity index (χ4n) is 3.74. The molecule has 4 rings (SSSR count). The topological polar surface area (TPSA) is 109 Å². The molecule has 12 heteroatoms. The zero-order chi connectivity index (χ0) is 28.8. The summed E-state index contributed by atoms with van der Waals surface area (Å²) in [5.74, 6) is 0.756. The van der Waals surface area contributed by atoms with Gasteiger partial charge in [0.05, 0.1) is 28.6 Å². The van der Waals surface area contributed by atoms with Gasteiger partial charge in [-0.15, -0.1) is 11.3 Å². The van der Waals surface area contributed by atoms with Crippen molar-refractivity contribution in [1.82, 2.24) is 0 Å². The molecule has 1 aromatic heterocycles. The number of nitrogens with one attached hydrogen (secondary N) is 1. The molecule has 0 saturated heterocycles. The van der Waals surface area contributed by atoms with Crippen molar-refractivity contribution >= 4 is 61.2 Å². The van der Waals surface area contributed by atoms with Gasteiger partial charge >= 0.3 is 5.97 Å². The maximum atomic E-state index is 12.5. The van der Waals surface area contributed by atoms with Gasteiger partial charge in [0, 0.05) is 28.8 Å². The number of nitrogens with zero attached hydrogens (tertiary/aromatic N) is 1. The van der Waals surface area contributed by atoms with Gasteiger partial charge in [-0.3, -0.25) is 10.1 Å². The number of methoxy groups -OCH3 is 2. The first kappa shape index (κ1) is 29.2. The number of halogens is 2. The van der Waals surface area contributed by atoms with Gasteiger partial charge in [-0.05, 0) is 46.6 Å². The second-order valence-corrected chi connectivity index (χ2v) is 10.7. The van der Waals surface area contributed by atoms with Crippen molar-refractivity contribution < 1.29 is 28.7 Å². The zero-order valence-corrected chi connectivity index (χ0v) is 24.8. The summed E-state index contributed by atoms with van der Waals surface area (Å²) in [5.41, 5.74) is 1.60. The minimum absolute atomic E-state index is 0.168. The molecule has 0 aliphatic heterocycles. The lowest BCUT2D eigenvalue weighted by Crippen LogP contribution is -2.07. The molecule has 0 aliphatic rings. The summed E-state index contributed by atoms with van der Waals surface area (Å²) < 4.78 is 22.6. The SMILES string of the molecule is COC(=O)c1sc(Nc2cc(OCc3ccc(OC)cc3)c(Br)cc2[N+](=O)[O-])cc1O[C@H](C)c1ccccc1Cl. The zero-order valence-electron chi connectivity index (χ0n) is 21.6. The van der Waals surface area contributed by atoms with Crippen molar-refractivity contribution in [2.75, 3.05) is 19.5 Å². The van der Waals surface area contributed by atoms with Crippen LogP contribution in [0.25, 0.3) is 0 Å². The molecule has 0 bridgehead atoms. The Hall–Kier alpha value is -3.80. The smallest absolute Gasteiger partial charge is 0.351 e. The monoisotopic (exact) mass is 646 g/mol. The summed E-state index contributed by atoms with van der Waals surface area (Å²) in [4.78, 5) is 24.1. The first-order valence-electron chi connectivity index (χ1n) is 11.8. The van der Waals surface area contributed by atoms with Crippen molar-refractivity contribution in [1.29, 1.82) is 0 Å². The summed E-state index contributed by atoms with van der Waals surface area (Å²) in [5, 5.41) is 15.9. The van der Waals surface area contributed by atoms with E-state index in [4.69, 9.17) is 30.5 Å². The van der Waals surface area contributed by atoms with Gasteiger partial charge in [0.15, 0.2) is 4.88 Å². The van der Waals surface area contributed by atoms with Crippen LogP contribution in [0.2, 0.25) is 5.02 Å². The molecule has 0 fully saturated rings. The molecule has 208 valence electrons. The Morgan fingerprint density at radius 1 is 1.10 bits per heavy atom. The fourth-order valence-corrected chi connectivity index (χ4v) is 5.39. The first-order chi connectivity index (χ1) is 19.2. The van der Waals surface area contributed by atoms with Crippen LogP contribution < -0.4 is 19.5 Å². The lowest BCUT2D eigenvalue weighted by atomic mass is 10.1. The van der Waals surface area contributed by atoms with Crippen molar-refractivity contribution in [3.8, 4) is 17.2 Å². The quantitative estimate of drug-likeness (QED) is 0.0983. The molecule has 1 N–H and O–H groups in total. The number of anilines is 2. The molecule has 0 radical (unpaired) electrons. The highest BCUT2D eigenvalue weighted by Crippen LogP contribution is 2.42. The molecule has 1 atom stereocenters. The Bertz CT molecular complexity index is 1530. The van der Waals surface area contributed by atoms with Crippen LogP contribution in [0.1, 0.15) is 33.8 Å². The third kappa shape index (κ3) is 6.85. The number of carbonyl (C=O) groups excluding carboxylic acids is 1. The van der Waals surface area contributed by atoms with E-state index in [2.05, 4.69) is 21.2 Å². The molecule has 1 heterocycles. The van der Waals surface area contributed by atoms with Crippen LogP contribution in [0.4, 0.5) is 16.4 Å². The average Bonchev–Trinajstić information content (AvgIpc) is 3.34. The number of rotatable bonds is 11. The predicted octanol–water partition coefficient (Wildman–Crippen LogP) is 8.33. The summed E-state index contributed by atoms with van der Waals surface area (Å²) in [7, 11) is 2.85. The number of hydrogen-bond donors (Lipinski definition) is 1. The minimum Gasteiger partial charge on any atom is -0.497 e. The van der Waals surface area contributed by atoms with Gasteiger partial charge in [0.2, 0.25) is 0 Å². The molecular weight excluding hydrogens is 624 g/mol. The summed E-state index contributed by atoms with van der Waals surface area (Å²) in [6.45, 7) is 2.03. The van der Waals surface area contributed by atoms with E-state index >= 15 is 0 Å². The molecule has 9 nitrogen and oxygen atoms in total. The third-order valence-corrected chi connectivity index (χ3v) is 7.75. The number of nitro groups is 1. The third-order valence-electron chi connectivity index (χ3n) is 5.77. The van der Waals surface area contributed by atoms with Crippen LogP contribution in [0.3, 0.4) is 0 Å². The van der Waals surface area contributed by atoms with Crippen molar-refractivity contribution in [2.24, 2.45) is 0 Å². The van der Waals surface area contributed by atoms with Gasteiger partial charge in [-0.2, -0.15) is 0 Å². The normalized spacial score (nSPS) is 11.4. The molecule has 4 aromatic rings. The van der Waals surface area contributed by atoms with Crippen molar-refractivity contribution in [3.05, 3.63) is 102 Å². The van der Waals surface area contributed by atoms with E-state index in [0.29, 0.717) is 20.2 Å². The number of carbonyl (C=O) groups is 1. The second kappa shape index (κ2) is 13.0. The van der Waals surface area contributed by atoms with Crippen LogP contribution in [0, 0.1) is 10.1 Å². The van der Waals surface area contributed by atoms with Crippen LogP contribution in [0.15, 0.2) is 71.2 Å². The van der Waals surface area contributed by atoms with Crippen LogP contribution >= 0.6 is 38.9 Å². The van der Waals surface area contributed by atoms with Gasteiger partial charge in [-0.25, -0.2) is 4.79 Å². The van der Waals surface area contributed by atoms with E-state index in [1.807, 2.05) is 42.5 Å². The van der Waals surface area contributed by atoms with E-state index in [0.717, 1.165) is 28.2 Å². The van der Waals surface area contributed by atoms with E-state index in [-0.39, 0.29) is 28.6 Å². The highest BCUT2D eigenvalue weighted by molar-refractivity contribution is 9.10. The molecule has 3 aromatic carbocycles. The number of ether oxygens (including phenoxy) is 4. The van der Waals surface area contributed by atoms with E-state index in [1.54, 1.807) is 26.2 Å². The lowest BCUT2D eigenvalue weighted by Gasteiger charge is -2.16. The maximum Gasteiger partial charge on any atom is 0.351 e. The second-order valence-electron chi connectivity index (χ2n) is 8.40. The highest BCUT2D eigenvalue weighted by atomic mass is 79.9. The molecule has 0 spiro atoms. The Morgan fingerprint density at radius 2 is 1.82 bits per heavy atom. The Morgan fingerprint density at radius 3 is 2.48 bits per heavy atom. The van der Waals surface area contributed by atoms with Crippen LogP contribution in [-0.2, 0) is 11.3 Å². The largest absolute Gasteiger partial charge is 0.497 e. The number of benzene rings is 3. The number of hydrogen-bond acceptors (Lipinski definition) is 9. The van der Waals surface area contributed by atoms with Gasteiger partial charge in [0.1, 0.15) is 35.6 Å². The Labute approximate surface area is 247 Å². The summed E-state index contributed by atoms with van der Waals surface area (Å²) in [6, 6.07) is 19.1. The first-order valence-corrected chi connectivity index (χ1v) is 13.8. The molecule has 0 saturated carbocycles. The average molecular weight is 648 g/mol.